The summed E-state index contributed by atoms with van der Waals surface area (Å²) in [5.74, 6) is -0.368. The Hall–Kier alpha value is -1.85. The van der Waals surface area contributed by atoms with Gasteiger partial charge in [-0.1, -0.05) is 11.6 Å². The number of hydrogen-bond donors (Lipinski definition) is 2. The van der Waals surface area contributed by atoms with Gasteiger partial charge in [0.2, 0.25) is 5.43 Å². The second-order valence-electron chi connectivity index (χ2n) is 4.72. The Morgan fingerprint density at radius 2 is 2.19 bits per heavy atom. The molecule has 0 saturated heterocycles. The van der Waals surface area contributed by atoms with Crippen LogP contribution in [0.5, 0.6) is 0 Å². The molecule has 0 bridgehead atoms. The largest absolute Gasteiger partial charge is 0.352 e. The van der Waals surface area contributed by atoms with Gasteiger partial charge >= 0.3 is 0 Å². The molecule has 0 fully saturated rings. The van der Waals surface area contributed by atoms with E-state index in [4.69, 9.17) is 17.3 Å². The zero-order valence-corrected chi connectivity index (χ0v) is 12.6. The molecule has 1 aromatic carbocycles. The SMILES string of the molecule is CCn1cc(C(=O)NCCCN)c(=O)c2ccc(Cl)cc21. The number of aromatic nitrogens is 1. The number of carbonyl (C=O) groups is 1. The zero-order valence-electron chi connectivity index (χ0n) is 11.9. The van der Waals surface area contributed by atoms with Crippen molar-refractivity contribution < 1.29 is 4.79 Å². The van der Waals surface area contributed by atoms with Crippen molar-refractivity contribution in [2.24, 2.45) is 5.73 Å². The third kappa shape index (κ3) is 3.25. The van der Waals surface area contributed by atoms with E-state index < -0.39 is 0 Å². The van der Waals surface area contributed by atoms with Crippen molar-refractivity contribution in [2.75, 3.05) is 13.1 Å². The molecular weight excluding hydrogens is 290 g/mol. The number of benzene rings is 1. The number of nitrogens with two attached hydrogens (primary N) is 1. The number of nitrogens with zero attached hydrogens (tertiary/aromatic N) is 1. The average molecular weight is 308 g/mol. The van der Waals surface area contributed by atoms with E-state index in [2.05, 4.69) is 5.32 Å². The predicted molar refractivity (Wildman–Crippen MR) is 84.9 cm³/mol. The molecule has 2 aromatic rings. The lowest BCUT2D eigenvalue weighted by atomic mass is 10.1. The molecule has 0 aliphatic heterocycles. The van der Waals surface area contributed by atoms with Gasteiger partial charge in [0, 0.05) is 29.7 Å². The first-order valence-electron chi connectivity index (χ1n) is 6.89. The van der Waals surface area contributed by atoms with Crippen LogP contribution in [0.1, 0.15) is 23.7 Å². The van der Waals surface area contributed by atoms with Gasteiger partial charge in [-0.05, 0) is 38.1 Å². The van der Waals surface area contributed by atoms with E-state index in [9.17, 15) is 9.59 Å². The van der Waals surface area contributed by atoms with Crippen LogP contribution in [0, 0.1) is 0 Å². The van der Waals surface area contributed by atoms with Gasteiger partial charge in [-0.15, -0.1) is 0 Å². The number of amides is 1. The molecule has 0 saturated carbocycles. The fourth-order valence-corrected chi connectivity index (χ4v) is 2.35. The number of carbonyl (C=O) groups excluding carboxylic acids is 1. The minimum Gasteiger partial charge on any atom is -0.352 e. The molecular formula is C15H18ClN3O2. The first-order valence-corrected chi connectivity index (χ1v) is 7.27. The smallest absolute Gasteiger partial charge is 0.256 e. The Morgan fingerprint density at radius 1 is 1.43 bits per heavy atom. The van der Waals surface area contributed by atoms with Crippen LogP contribution in [0.2, 0.25) is 5.02 Å². The van der Waals surface area contributed by atoms with Crippen molar-refractivity contribution in [1.29, 1.82) is 0 Å². The summed E-state index contributed by atoms with van der Waals surface area (Å²) in [6.07, 6.45) is 2.26. The molecule has 0 spiro atoms. The Bertz CT molecular complexity index is 725. The van der Waals surface area contributed by atoms with E-state index in [0.717, 1.165) is 5.52 Å². The van der Waals surface area contributed by atoms with Gasteiger partial charge in [-0.2, -0.15) is 0 Å². The van der Waals surface area contributed by atoms with Crippen molar-refractivity contribution in [2.45, 2.75) is 19.9 Å². The van der Waals surface area contributed by atoms with Gasteiger partial charge in [0.15, 0.2) is 0 Å². The quantitative estimate of drug-likeness (QED) is 0.826. The number of nitrogens with one attached hydrogen (secondary N) is 1. The number of fused-ring (bicyclic) bond motifs is 1. The topological polar surface area (TPSA) is 77.1 Å². The minimum absolute atomic E-state index is 0.142. The van der Waals surface area contributed by atoms with Crippen LogP contribution < -0.4 is 16.5 Å². The van der Waals surface area contributed by atoms with E-state index >= 15 is 0 Å². The van der Waals surface area contributed by atoms with E-state index in [-0.39, 0.29) is 16.9 Å². The Balaban J connectivity index is 2.50. The maximum Gasteiger partial charge on any atom is 0.256 e. The first-order chi connectivity index (χ1) is 10.1. The van der Waals surface area contributed by atoms with Gasteiger partial charge < -0.3 is 15.6 Å². The van der Waals surface area contributed by atoms with Gasteiger partial charge in [0.05, 0.1) is 5.52 Å². The lowest BCUT2D eigenvalue weighted by Gasteiger charge is -2.12. The minimum atomic E-state index is -0.368. The number of rotatable bonds is 5. The fraction of sp³-hybridized carbons (Fsp3) is 0.333. The van der Waals surface area contributed by atoms with Crippen LogP contribution in [0.15, 0.2) is 29.2 Å². The summed E-state index contributed by atoms with van der Waals surface area (Å²) in [7, 11) is 0. The highest BCUT2D eigenvalue weighted by molar-refractivity contribution is 6.31. The normalized spacial score (nSPS) is 10.8. The molecule has 21 heavy (non-hydrogen) atoms. The molecule has 1 amide bonds. The molecule has 1 heterocycles. The van der Waals surface area contributed by atoms with Crippen molar-refractivity contribution in [3.05, 3.63) is 45.2 Å². The molecule has 0 aliphatic rings. The lowest BCUT2D eigenvalue weighted by Crippen LogP contribution is -2.31. The highest BCUT2D eigenvalue weighted by Crippen LogP contribution is 2.17. The molecule has 112 valence electrons. The van der Waals surface area contributed by atoms with Crippen molar-refractivity contribution >= 4 is 28.4 Å². The summed E-state index contributed by atoms with van der Waals surface area (Å²) in [6, 6.07) is 5.04. The van der Waals surface area contributed by atoms with Crippen LogP contribution in [-0.2, 0) is 6.54 Å². The Kier molecular flexibility index (Phi) is 4.98. The Labute approximate surface area is 127 Å². The summed E-state index contributed by atoms with van der Waals surface area (Å²) < 4.78 is 1.85. The van der Waals surface area contributed by atoms with E-state index in [1.807, 2.05) is 11.5 Å². The fourth-order valence-electron chi connectivity index (χ4n) is 2.19. The van der Waals surface area contributed by atoms with Gasteiger partial charge in [0.25, 0.3) is 5.91 Å². The summed E-state index contributed by atoms with van der Waals surface area (Å²) >= 11 is 5.98. The molecule has 6 heteroatoms. The molecule has 0 radical (unpaired) electrons. The molecule has 5 nitrogen and oxygen atoms in total. The predicted octanol–water partition coefficient (Wildman–Crippen LogP) is 1.75. The summed E-state index contributed by atoms with van der Waals surface area (Å²) in [5, 5.41) is 3.76. The Morgan fingerprint density at radius 3 is 2.86 bits per heavy atom. The average Bonchev–Trinajstić information content (AvgIpc) is 2.47. The summed E-state index contributed by atoms with van der Waals surface area (Å²) in [5.41, 5.74) is 5.98. The number of halogens is 1. The highest BCUT2D eigenvalue weighted by Gasteiger charge is 2.14. The first kappa shape index (κ1) is 15.5. The van der Waals surface area contributed by atoms with Gasteiger partial charge in [-0.3, -0.25) is 9.59 Å². The molecule has 1 aromatic heterocycles. The number of pyridine rings is 1. The van der Waals surface area contributed by atoms with Crippen LogP contribution in [0.25, 0.3) is 10.9 Å². The van der Waals surface area contributed by atoms with Crippen LogP contribution >= 0.6 is 11.6 Å². The second kappa shape index (κ2) is 6.74. The molecule has 2 rings (SSSR count). The monoisotopic (exact) mass is 307 g/mol. The zero-order chi connectivity index (χ0) is 15.4. The van der Waals surface area contributed by atoms with Gasteiger partial charge in [0.1, 0.15) is 5.56 Å². The lowest BCUT2D eigenvalue weighted by molar-refractivity contribution is 0.0952. The standard InChI is InChI=1S/C15H18ClN3O2/c1-2-19-9-12(15(21)18-7-3-6-17)14(20)11-5-4-10(16)8-13(11)19/h4-5,8-9H,2-3,6-7,17H2,1H3,(H,18,21). The van der Waals surface area contributed by atoms with Crippen LogP contribution in [-0.4, -0.2) is 23.6 Å². The third-order valence-electron chi connectivity index (χ3n) is 3.30. The maximum absolute atomic E-state index is 12.4. The third-order valence-corrected chi connectivity index (χ3v) is 3.53. The molecule has 0 aliphatic carbocycles. The van der Waals surface area contributed by atoms with E-state index in [1.165, 1.54) is 0 Å². The van der Waals surface area contributed by atoms with E-state index in [1.54, 1.807) is 24.4 Å². The van der Waals surface area contributed by atoms with Crippen molar-refractivity contribution in [1.82, 2.24) is 9.88 Å². The van der Waals surface area contributed by atoms with Crippen LogP contribution in [0.4, 0.5) is 0 Å². The molecule has 0 unspecified atom stereocenters. The van der Waals surface area contributed by atoms with Crippen LogP contribution in [0.3, 0.4) is 0 Å². The van der Waals surface area contributed by atoms with E-state index in [0.29, 0.717) is 36.5 Å². The second-order valence-corrected chi connectivity index (χ2v) is 5.15. The van der Waals surface area contributed by atoms with Gasteiger partial charge in [-0.25, -0.2) is 0 Å². The molecule has 3 N–H and O–H groups in total. The number of hydrogen-bond acceptors (Lipinski definition) is 3. The molecule has 0 atom stereocenters. The van der Waals surface area contributed by atoms with Crippen molar-refractivity contribution in [3.8, 4) is 0 Å². The summed E-state index contributed by atoms with van der Waals surface area (Å²) in [6.45, 7) is 3.54. The highest BCUT2D eigenvalue weighted by atomic mass is 35.5. The van der Waals surface area contributed by atoms with Crippen molar-refractivity contribution in [3.63, 3.8) is 0 Å². The number of aryl methyl sites for hydroxylation is 1. The maximum atomic E-state index is 12.4. The summed E-state index contributed by atoms with van der Waals surface area (Å²) in [4.78, 5) is 24.6.